The van der Waals surface area contributed by atoms with Gasteiger partial charge in [0.2, 0.25) is 0 Å². The molecule has 0 radical (unpaired) electrons. The highest BCUT2D eigenvalue weighted by molar-refractivity contribution is 6.00. The van der Waals surface area contributed by atoms with Crippen LogP contribution in [0, 0.1) is 0 Å². The Hall–Kier alpha value is -3.40. The van der Waals surface area contributed by atoms with Crippen molar-refractivity contribution in [2.75, 3.05) is 5.73 Å². The molecule has 3 rings (SSSR count). The number of nitrogens with zero attached hydrogens (tertiary/aromatic N) is 1. The molecule has 0 aliphatic carbocycles. The smallest absolute Gasteiger partial charge is 0.252 e. The number of nitrogens with two attached hydrogens (primary N) is 1. The van der Waals surface area contributed by atoms with Crippen molar-refractivity contribution >= 4 is 17.3 Å². The van der Waals surface area contributed by atoms with E-state index < -0.39 is 5.92 Å². The van der Waals surface area contributed by atoms with Crippen LogP contribution in [-0.2, 0) is 4.79 Å². The first-order valence-corrected chi connectivity index (χ1v) is 8.45. The molecule has 0 heterocycles. The Labute approximate surface area is 153 Å². The molecule has 0 saturated heterocycles. The molecule has 3 N–H and O–H groups in total. The predicted octanol–water partition coefficient (Wildman–Crippen LogP) is 3.94. The number of benzene rings is 3. The first kappa shape index (κ1) is 17.4. The Morgan fingerprint density at radius 3 is 2.00 bits per heavy atom. The second-order valence-electron chi connectivity index (χ2n) is 6.05. The molecule has 3 aromatic carbocycles. The zero-order chi connectivity index (χ0) is 18.4. The van der Waals surface area contributed by atoms with Gasteiger partial charge in [0.25, 0.3) is 5.91 Å². The van der Waals surface area contributed by atoms with Crippen molar-refractivity contribution in [2.24, 2.45) is 5.10 Å². The molecule has 0 spiro atoms. The first-order valence-electron chi connectivity index (χ1n) is 8.45. The lowest BCUT2D eigenvalue weighted by atomic mass is 9.91. The van der Waals surface area contributed by atoms with E-state index in [2.05, 4.69) is 10.5 Å². The molecule has 1 amide bonds. The number of nitrogens with one attached hydrogen (secondary N) is 1. The van der Waals surface area contributed by atoms with Crippen LogP contribution in [0.15, 0.2) is 90.0 Å². The molecule has 0 bridgehead atoms. The van der Waals surface area contributed by atoms with Gasteiger partial charge in [-0.3, -0.25) is 4.79 Å². The summed E-state index contributed by atoms with van der Waals surface area (Å²) >= 11 is 0. The summed E-state index contributed by atoms with van der Waals surface area (Å²) in [7, 11) is 0. The van der Waals surface area contributed by atoms with Crippen LogP contribution < -0.4 is 11.2 Å². The van der Waals surface area contributed by atoms with Gasteiger partial charge < -0.3 is 5.73 Å². The van der Waals surface area contributed by atoms with Crippen LogP contribution >= 0.6 is 0 Å². The summed E-state index contributed by atoms with van der Waals surface area (Å²) in [5, 5.41) is 4.27. The third-order valence-corrected chi connectivity index (χ3v) is 4.17. The SMILES string of the molecule is C/C(=N/NC(=O)C(c1ccccc1)c1ccccc1)c1cccc(N)c1. The fourth-order valence-electron chi connectivity index (χ4n) is 2.82. The molecule has 0 unspecified atom stereocenters. The van der Waals surface area contributed by atoms with E-state index in [1.54, 1.807) is 0 Å². The van der Waals surface area contributed by atoms with E-state index in [4.69, 9.17) is 5.73 Å². The van der Waals surface area contributed by atoms with E-state index in [-0.39, 0.29) is 5.91 Å². The van der Waals surface area contributed by atoms with Crippen LogP contribution in [-0.4, -0.2) is 11.6 Å². The molecule has 0 aromatic heterocycles. The quantitative estimate of drug-likeness (QED) is 0.418. The predicted molar refractivity (Wildman–Crippen MR) is 106 cm³/mol. The van der Waals surface area contributed by atoms with Crippen LogP contribution in [0.3, 0.4) is 0 Å². The molecular weight excluding hydrogens is 322 g/mol. The van der Waals surface area contributed by atoms with Crippen LogP contribution in [0.2, 0.25) is 0 Å². The van der Waals surface area contributed by atoms with E-state index in [1.807, 2.05) is 91.9 Å². The number of hydrogen-bond donors (Lipinski definition) is 2. The fourth-order valence-corrected chi connectivity index (χ4v) is 2.82. The maximum absolute atomic E-state index is 12.9. The van der Waals surface area contributed by atoms with E-state index in [0.29, 0.717) is 11.4 Å². The Balaban J connectivity index is 1.86. The van der Waals surface area contributed by atoms with Gasteiger partial charge in [0.05, 0.1) is 11.6 Å². The number of carbonyl (C=O) groups excluding carboxylic acids is 1. The average molecular weight is 343 g/mol. The molecule has 130 valence electrons. The summed E-state index contributed by atoms with van der Waals surface area (Å²) in [6.07, 6.45) is 0. The lowest BCUT2D eigenvalue weighted by Crippen LogP contribution is -2.27. The van der Waals surface area contributed by atoms with Crippen LogP contribution in [0.4, 0.5) is 5.69 Å². The number of nitrogen functional groups attached to an aromatic ring is 1. The molecular formula is C22H21N3O. The summed E-state index contributed by atoms with van der Waals surface area (Å²) in [6, 6.07) is 26.8. The van der Waals surface area contributed by atoms with Crippen molar-refractivity contribution in [3.63, 3.8) is 0 Å². The first-order chi connectivity index (χ1) is 12.6. The lowest BCUT2D eigenvalue weighted by molar-refractivity contribution is -0.121. The van der Waals surface area contributed by atoms with E-state index in [1.165, 1.54) is 0 Å². The Morgan fingerprint density at radius 1 is 0.885 bits per heavy atom. The van der Waals surface area contributed by atoms with E-state index in [9.17, 15) is 4.79 Å². The molecule has 3 aromatic rings. The molecule has 0 aliphatic heterocycles. The van der Waals surface area contributed by atoms with Gasteiger partial charge in [0.1, 0.15) is 0 Å². The maximum Gasteiger partial charge on any atom is 0.252 e. The van der Waals surface area contributed by atoms with Crippen molar-refractivity contribution < 1.29 is 4.79 Å². The van der Waals surface area contributed by atoms with Crippen molar-refractivity contribution in [2.45, 2.75) is 12.8 Å². The van der Waals surface area contributed by atoms with Gasteiger partial charge in [-0.25, -0.2) is 5.43 Å². The van der Waals surface area contributed by atoms with Crippen molar-refractivity contribution in [1.82, 2.24) is 5.43 Å². The molecule has 0 saturated carbocycles. The number of rotatable bonds is 5. The van der Waals surface area contributed by atoms with Gasteiger partial charge in [0.15, 0.2) is 0 Å². The highest BCUT2D eigenvalue weighted by Gasteiger charge is 2.22. The minimum Gasteiger partial charge on any atom is -0.399 e. The Morgan fingerprint density at radius 2 is 1.46 bits per heavy atom. The minimum absolute atomic E-state index is 0.175. The number of hydrazone groups is 1. The number of hydrogen-bond acceptors (Lipinski definition) is 3. The highest BCUT2D eigenvalue weighted by atomic mass is 16.2. The highest BCUT2D eigenvalue weighted by Crippen LogP contribution is 2.24. The Bertz CT molecular complexity index is 865. The van der Waals surface area contributed by atoms with Gasteiger partial charge >= 0.3 is 0 Å². The standard InChI is InChI=1S/C22H21N3O/c1-16(19-13-8-14-20(23)15-19)24-25-22(26)21(17-9-4-2-5-10-17)18-11-6-3-7-12-18/h2-15,21H,23H2,1H3,(H,25,26)/b24-16-. The Kier molecular flexibility index (Phi) is 5.44. The van der Waals surface area contributed by atoms with E-state index in [0.717, 1.165) is 16.7 Å². The molecule has 26 heavy (non-hydrogen) atoms. The van der Waals surface area contributed by atoms with Crippen LogP contribution in [0.25, 0.3) is 0 Å². The molecule has 4 nitrogen and oxygen atoms in total. The van der Waals surface area contributed by atoms with Crippen LogP contribution in [0.5, 0.6) is 0 Å². The summed E-state index contributed by atoms with van der Waals surface area (Å²) in [4.78, 5) is 12.9. The van der Waals surface area contributed by atoms with Gasteiger partial charge in [-0.2, -0.15) is 5.10 Å². The number of amides is 1. The minimum atomic E-state index is -0.421. The van der Waals surface area contributed by atoms with Gasteiger partial charge in [-0.1, -0.05) is 72.8 Å². The van der Waals surface area contributed by atoms with Gasteiger partial charge in [0, 0.05) is 5.69 Å². The maximum atomic E-state index is 12.9. The third-order valence-electron chi connectivity index (χ3n) is 4.17. The van der Waals surface area contributed by atoms with Crippen molar-refractivity contribution in [3.8, 4) is 0 Å². The molecule has 4 heteroatoms. The van der Waals surface area contributed by atoms with Crippen molar-refractivity contribution in [3.05, 3.63) is 102 Å². The topological polar surface area (TPSA) is 67.5 Å². The monoisotopic (exact) mass is 343 g/mol. The third kappa shape index (κ3) is 4.16. The van der Waals surface area contributed by atoms with E-state index >= 15 is 0 Å². The van der Waals surface area contributed by atoms with Crippen molar-refractivity contribution in [1.29, 1.82) is 0 Å². The summed E-state index contributed by atoms with van der Waals surface area (Å²) < 4.78 is 0. The number of carbonyl (C=O) groups is 1. The zero-order valence-corrected chi connectivity index (χ0v) is 14.6. The molecule has 0 aliphatic rings. The molecule has 0 fully saturated rings. The summed E-state index contributed by atoms with van der Waals surface area (Å²) in [6.45, 7) is 1.84. The second kappa shape index (κ2) is 8.12. The molecule has 0 atom stereocenters. The largest absolute Gasteiger partial charge is 0.399 e. The number of anilines is 1. The van der Waals surface area contributed by atoms with Gasteiger partial charge in [-0.05, 0) is 35.7 Å². The van der Waals surface area contributed by atoms with Crippen LogP contribution in [0.1, 0.15) is 29.5 Å². The summed E-state index contributed by atoms with van der Waals surface area (Å²) in [5.74, 6) is -0.597. The fraction of sp³-hybridized carbons (Fsp3) is 0.0909. The normalized spacial score (nSPS) is 11.4. The van der Waals surface area contributed by atoms with Gasteiger partial charge in [-0.15, -0.1) is 0 Å². The average Bonchev–Trinajstić information content (AvgIpc) is 2.68. The summed E-state index contributed by atoms with van der Waals surface area (Å²) in [5.41, 5.74) is 12.6. The lowest BCUT2D eigenvalue weighted by Gasteiger charge is -2.16. The second-order valence-corrected chi connectivity index (χ2v) is 6.05. The zero-order valence-electron chi connectivity index (χ0n) is 14.6.